The molecule has 2 N–H and O–H groups in total. The summed E-state index contributed by atoms with van der Waals surface area (Å²) in [4.78, 5) is 0. The van der Waals surface area contributed by atoms with Crippen LogP contribution in [0.4, 0.5) is 18.9 Å². The molecule has 1 aromatic carbocycles. The summed E-state index contributed by atoms with van der Waals surface area (Å²) in [5, 5.41) is 0. The van der Waals surface area contributed by atoms with Gasteiger partial charge in [-0.2, -0.15) is 13.2 Å². The molecule has 0 saturated carbocycles. The maximum atomic E-state index is 12.6. The predicted molar refractivity (Wildman–Crippen MR) is 64.9 cm³/mol. The van der Waals surface area contributed by atoms with Gasteiger partial charge in [0.2, 0.25) is 0 Å². The lowest BCUT2D eigenvalue weighted by atomic mass is 10.0. The normalized spacial score (nSPS) is 17.4. The van der Waals surface area contributed by atoms with E-state index in [9.17, 15) is 13.2 Å². The number of anilines is 1. The summed E-state index contributed by atoms with van der Waals surface area (Å²) < 4.78 is 48.4. The average molecular weight is 275 g/mol. The molecule has 1 fully saturated rings. The zero-order chi connectivity index (χ0) is 13.9. The van der Waals surface area contributed by atoms with E-state index in [0.717, 1.165) is 25.0 Å². The first-order valence-electron chi connectivity index (χ1n) is 6.14. The summed E-state index contributed by atoms with van der Waals surface area (Å²) >= 11 is 0. The first-order chi connectivity index (χ1) is 8.97. The van der Waals surface area contributed by atoms with Gasteiger partial charge in [0.1, 0.15) is 5.75 Å². The van der Waals surface area contributed by atoms with Crippen molar-refractivity contribution in [3.8, 4) is 5.75 Å². The molecule has 0 spiro atoms. The molecular weight excluding hydrogens is 259 g/mol. The number of alkyl halides is 3. The largest absolute Gasteiger partial charge is 0.491 e. The predicted octanol–water partition coefficient (Wildman–Crippen LogP) is 3.09. The van der Waals surface area contributed by atoms with Crippen molar-refractivity contribution in [1.82, 2.24) is 0 Å². The van der Waals surface area contributed by atoms with E-state index in [4.69, 9.17) is 15.2 Å². The second-order valence-electron chi connectivity index (χ2n) is 4.62. The maximum Gasteiger partial charge on any atom is 0.416 e. The molecule has 0 atom stereocenters. The van der Waals surface area contributed by atoms with Gasteiger partial charge >= 0.3 is 6.18 Å². The summed E-state index contributed by atoms with van der Waals surface area (Å²) in [6.07, 6.45) is -2.66. The first-order valence-corrected chi connectivity index (χ1v) is 6.14. The number of hydrogen-bond acceptors (Lipinski definition) is 3. The monoisotopic (exact) mass is 275 g/mol. The van der Waals surface area contributed by atoms with Gasteiger partial charge in [0, 0.05) is 13.2 Å². The standard InChI is InChI=1S/C13H16F3NO2/c14-13(15,16)10-1-2-11(17)12(7-10)19-8-9-3-5-18-6-4-9/h1-2,7,9H,3-6,8,17H2. The van der Waals surface area contributed by atoms with Gasteiger partial charge in [0.15, 0.2) is 0 Å². The molecule has 0 aliphatic carbocycles. The van der Waals surface area contributed by atoms with E-state index >= 15 is 0 Å². The minimum atomic E-state index is -4.38. The van der Waals surface area contributed by atoms with Gasteiger partial charge < -0.3 is 15.2 Å². The third-order valence-corrected chi connectivity index (χ3v) is 3.16. The van der Waals surface area contributed by atoms with Crippen LogP contribution in [0.3, 0.4) is 0 Å². The minimum Gasteiger partial charge on any atom is -0.491 e. The molecule has 3 nitrogen and oxygen atoms in total. The second kappa shape index (κ2) is 5.69. The van der Waals surface area contributed by atoms with E-state index in [1.54, 1.807) is 0 Å². The molecule has 1 heterocycles. The lowest BCUT2D eigenvalue weighted by molar-refractivity contribution is -0.137. The van der Waals surface area contributed by atoms with E-state index in [2.05, 4.69) is 0 Å². The van der Waals surface area contributed by atoms with Crippen molar-refractivity contribution in [2.24, 2.45) is 5.92 Å². The van der Waals surface area contributed by atoms with Gasteiger partial charge in [-0.05, 0) is 37.0 Å². The number of rotatable bonds is 3. The van der Waals surface area contributed by atoms with Crippen molar-refractivity contribution < 1.29 is 22.6 Å². The van der Waals surface area contributed by atoms with Crippen LogP contribution in [0.1, 0.15) is 18.4 Å². The molecule has 1 aliphatic heterocycles. The van der Waals surface area contributed by atoms with Crippen molar-refractivity contribution in [1.29, 1.82) is 0 Å². The van der Waals surface area contributed by atoms with E-state index in [-0.39, 0.29) is 11.4 Å². The van der Waals surface area contributed by atoms with E-state index in [0.29, 0.717) is 25.7 Å². The summed E-state index contributed by atoms with van der Waals surface area (Å²) in [5.41, 5.74) is 5.11. The topological polar surface area (TPSA) is 44.5 Å². The van der Waals surface area contributed by atoms with Crippen LogP contribution in [0.2, 0.25) is 0 Å². The van der Waals surface area contributed by atoms with Crippen LogP contribution in [-0.4, -0.2) is 19.8 Å². The van der Waals surface area contributed by atoms with Crippen molar-refractivity contribution in [2.45, 2.75) is 19.0 Å². The average Bonchev–Trinajstić information content (AvgIpc) is 2.37. The van der Waals surface area contributed by atoms with Crippen molar-refractivity contribution in [3.05, 3.63) is 23.8 Å². The molecule has 19 heavy (non-hydrogen) atoms. The Hall–Kier alpha value is -1.43. The summed E-state index contributed by atoms with van der Waals surface area (Å²) in [5.74, 6) is 0.406. The first kappa shape index (κ1) is 14.0. The Balaban J connectivity index is 2.02. The fraction of sp³-hybridized carbons (Fsp3) is 0.538. The third kappa shape index (κ3) is 3.76. The van der Waals surface area contributed by atoms with Gasteiger partial charge in [0.05, 0.1) is 17.9 Å². The molecular formula is C13H16F3NO2. The molecule has 0 bridgehead atoms. The van der Waals surface area contributed by atoms with E-state index in [1.807, 2.05) is 0 Å². The van der Waals surface area contributed by atoms with Gasteiger partial charge in [-0.1, -0.05) is 0 Å². The lowest BCUT2D eigenvalue weighted by Gasteiger charge is -2.22. The minimum absolute atomic E-state index is 0.0984. The van der Waals surface area contributed by atoms with Crippen molar-refractivity contribution >= 4 is 5.69 Å². The Morgan fingerprint density at radius 2 is 1.95 bits per heavy atom. The number of nitrogens with two attached hydrogens (primary N) is 1. The molecule has 6 heteroatoms. The highest BCUT2D eigenvalue weighted by atomic mass is 19.4. The highest BCUT2D eigenvalue weighted by Crippen LogP contribution is 2.34. The summed E-state index contributed by atoms with van der Waals surface area (Å²) in [7, 11) is 0. The zero-order valence-corrected chi connectivity index (χ0v) is 10.4. The van der Waals surface area contributed by atoms with Crippen LogP contribution >= 0.6 is 0 Å². The Morgan fingerprint density at radius 3 is 2.58 bits per heavy atom. The second-order valence-corrected chi connectivity index (χ2v) is 4.62. The summed E-state index contributed by atoms with van der Waals surface area (Å²) in [6.45, 7) is 1.72. The highest BCUT2D eigenvalue weighted by Gasteiger charge is 2.31. The molecule has 0 aromatic heterocycles. The van der Waals surface area contributed by atoms with E-state index < -0.39 is 11.7 Å². The maximum absolute atomic E-state index is 12.6. The van der Waals surface area contributed by atoms with Crippen LogP contribution in [-0.2, 0) is 10.9 Å². The molecule has 0 amide bonds. The van der Waals surface area contributed by atoms with Crippen LogP contribution in [0.5, 0.6) is 5.75 Å². The lowest BCUT2D eigenvalue weighted by Crippen LogP contribution is -2.21. The molecule has 1 aromatic rings. The molecule has 106 valence electrons. The van der Waals surface area contributed by atoms with Gasteiger partial charge in [0.25, 0.3) is 0 Å². The zero-order valence-electron chi connectivity index (χ0n) is 10.4. The Labute approximate surface area is 109 Å². The molecule has 1 aliphatic rings. The fourth-order valence-corrected chi connectivity index (χ4v) is 1.96. The highest BCUT2D eigenvalue weighted by molar-refractivity contribution is 5.54. The number of hydrogen-bond donors (Lipinski definition) is 1. The Bertz CT molecular complexity index is 428. The third-order valence-electron chi connectivity index (χ3n) is 3.16. The molecule has 1 saturated heterocycles. The van der Waals surface area contributed by atoms with Gasteiger partial charge in [-0.3, -0.25) is 0 Å². The number of benzene rings is 1. The van der Waals surface area contributed by atoms with Crippen LogP contribution in [0.25, 0.3) is 0 Å². The Morgan fingerprint density at radius 1 is 1.26 bits per heavy atom. The van der Waals surface area contributed by atoms with Crippen molar-refractivity contribution in [3.63, 3.8) is 0 Å². The molecule has 0 unspecified atom stereocenters. The summed E-state index contributed by atoms with van der Waals surface area (Å²) in [6, 6.07) is 3.13. The quantitative estimate of drug-likeness (QED) is 0.862. The number of halogens is 3. The smallest absolute Gasteiger partial charge is 0.416 e. The molecule has 0 radical (unpaired) electrons. The van der Waals surface area contributed by atoms with Gasteiger partial charge in [-0.15, -0.1) is 0 Å². The molecule has 2 rings (SSSR count). The van der Waals surface area contributed by atoms with E-state index in [1.165, 1.54) is 6.07 Å². The van der Waals surface area contributed by atoms with Gasteiger partial charge in [-0.25, -0.2) is 0 Å². The van der Waals surface area contributed by atoms with Crippen LogP contribution in [0.15, 0.2) is 18.2 Å². The number of nitrogen functional groups attached to an aromatic ring is 1. The van der Waals surface area contributed by atoms with Crippen LogP contribution in [0, 0.1) is 5.92 Å². The number of ether oxygens (including phenoxy) is 2. The van der Waals surface area contributed by atoms with Crippen LogP contribution < -0.4 is 10.5 Å². The SMILES string of the molecule is Nc1ccc(C(F)(F)F)cc1OCC1CCOCC1. The Kier molecular flexibility index (Phi) is 4.19. The van der Waals surface area contributed by atoms with Crippen molar-refractivity contribution in [2.75, 3.05) is 25.6 Å². The fourth-order valence-electron chi connectivity index (χ4n) is 1.96.